The molecule has 5 nitrogen and oxygen atoms in total. The van der Waals surface area contributed by atoms with E-state index < -0.39 is 56.9 Å². The van der Waals surface area contributed by atoms with Crippen molar-refractivity contribution in [1.29, 1.82) is 0 Å². The molecule has 1 aliphatic rings. The van der Waals surface area contributed by atoms with Gasteiger partial charge < -0.3 is 10.0 Å². The molecule has 0 bridgehead atoms. The molecule has 0 spiro atoms. The number of likely N-dealkylation sites (N-methyl/N-ethyl adjacent to an activating group) is 1. The zero-order valence-electron chi connectivity index (χ0n) is 16.7. The molecule has 0 fully saturated rings. The number of hydrogen-bond donors (Lipinski definition) is 1. The molecule has 0 unspecified atom stereocenters. The van der Waals surface area contributed by atoms with Gasteiger partial charge in [0.25, 0.3) is 6.43 Å². The largest absolute Gasteiger partial charge is 0.507 e. The predicted molar refractivity (Wildman–Crippen MR) is 105 cm³/mol. The molecular weight excluding hydrogens is 443 g/mol. The van der Waals surface area contributed by atoms with Gasteiger partial charge in [-0.15, -0.1) is 0 Å². The second-order valence-corrected chi connectivity index (χ2v) is 9.52. The summed E-state index contributed by atoms with van der Waals surface area (Å²) in [6.07, 6.45) is -3.89. The second kappa shape index (κ2) is 8.27. The number of aromatic hydroxyl groups is 1. The maximum absolute atomic E-state index is 13.5. The molecule has 170 valence electrons. The molecule has 1 N–H and O–H groups in total. The molecule has 11 heteroatoms. The molecule has 0 aliphatic carbocycles. The van der Waals surface area contributed by atoms with Gasteiger partial charge in [0.2, 0.25) is 15.9 Å². The first-order valence-corrected chi connectivity index (χ1v) is 10.8. The molecule has 2 aromatic rings. The van der Waals surface area contributed by atoms with Gasteiger partial charge in [-0.25, -0.2) is 30.4 Å². The normalized spacial score (nSPS) is 19.4. The number of nitrogens with zero attached hydrogens (tertiary/aromatic N) is 2. The Morgan fingerprint density at radius 3 is 2.35 bits per heavy atom. The first-order chi connectivity index (χ1) is 14.3. The van der Waals surface area contributed by atoms with Crippen molar-refractivity contribution >= 4 is 21.4 Å². The van der Waals surface area contributed by atoms with Crippen LogP contribution in [0.5, 0.6) is 5.75 Å². The summed E-state index contributed by atoms with van der Waals surface area (Å²) < 4.78 is 94.5. The lowest BCUT2D eigenvalue weighted by atomic mass is 10.1. The molecule has 1 atom stereocenters. The molecule has 3 rings (SSSR count). The van der Waals surface area contributed by atoms with Crippen LogP contribution in [-0.4, -0.2) is 43.4 Å². The van der Waals surface area contributed by atoms with Crippen LogP contribution in [0.25, 0.3) is 0 Å². The number of anilines is 2. The van der Waals surface area contributed by atoms with Crippen molar-refractivity contribution in [2.75, 3.05) is 18.5 Å². The van der Waals surface area contributed by atoms with E-state index >= 15 is 0 Å². The number of alkyl halides is 4. The van der Waals surface area contributed by atoms with E-state index in [1.807, 2.05) is 0 Å². The lowest BCUT2D eigenvalue weighted by molar-refractivity contribution is 0.00679. The number of hydrogen-bond acceptors (Lipinski definition) is 4. The number of sulfonamides is 1. The highest BCUT2D eigenvalue weighted by molar-refractivity contribution is 7.89. The Labute approximate surface area is 176 Å². The number of fused-ring (bicyclic) bond motifs is 1. The standard InChI is InChI=1S/C20H21F5N2O3S/c1-20(24,25)8-7-14-11-27(13-5-3-12(21)4-6-13)16-9-15(19(22)23)17(28)10-18(16)31(29,30)26(14)2/h3-6,9-10,14,19,28H,7-8,11H2,1-2H3/t14-/m1/s1. The van der Waals surface area contributed by atoms with Gasteiger partial charge in [-0.2, -0.15) is 4.31 Å². The van der Waals surface area contributed by atoms with Crippen LogP contribution in [-0.2, 0) is 10.0 Å². The predicted octanol–water partition coefficient (Wildman–Crippen LogP) is 5.05. The monoisotopic (exact) mass is 464 g/mol. The number of benzene rings is 2. The van der Waals surface area contributed by atoms with Crippen molar-refractivity contribution < 1.29 is 35.5 Å². The van der Waals surface area contributed by atoms with E-state index in [0.29, 0.717) is 0 Å². The Bertz CT molecular complexity index is 1060. The lowest BCUT2D eigenvalue weighted by Crippen LogP contribution is -2.41. The summed E-state index contributed by atoms with van der Waals surface area (Å²) in [5.41, 5.74) is -0.646. The number of rotatable bonds is 5. The summed E-state index contributed by atoms with van der Waals surface area (Å²) in [7, 11) is -3.11. The SMILES string of the molecule is CN1[C@H](CCC(C)(F)F)CN(c2ccc(F)cc2)c2cc(C(F)F)c(O)cc2S1(=O)=O. The maximum Gasteiger partial charge on any atom is 0.267 e. The smallest absolute Gasteiger partial charge is 0.267 e. The van der Waals surface area contributed by atoms with E-state index in [0.717, 1.165) is 35.5 Å². The zero-order valence-corrected chi connectivity index (χ0v) is 17.5. The van der Waals surface area contributed by atoms with Gasteiger partial charge in [0.05, 0.1) is 11.3 Å². The van der Waals surface area contributed by atoms with E-state index in [-0.39, 0.29) is 24.3 Å². The number of phenolic OH excluding ortho intramolecular Hbond substituents is 1. The average molecular weight is 464 g/mol. The first-order valence-electron chi connectivity index (χ1n) is 9.35. The van der Waals surface area contributed by atoms with Crippen molar-refractivity contribution in [2.45, 2.75) is 43.1 Å². The maximum atomic E-state index is 13.5. The molecule has 31 heavy (non-hydrogen) atoms. The summed E-state index contributed by atoms with van der Waals surface area (Å²) in [6.45, 7) is 0.579. The molecular formula is C20H21F5N2O3S. The van der Waals surface area contributed by atoms with Crippen LogP contribution in [0.3, 0.4) is 0 Å². The summed E-state index contributed by atoms with van der Waals surface area (Å²) in [5, 5.41) is 9.99. The lowest BCUT2D eigenvalue weighted by Gasteiger charge is -2.30. The van der Waals surface area contributed by atoms with E-state index in [9.17, 15) is 35.5 Å². The highest BCUT2D eigenvalue weighted by Gasteiger charge is 2.39. The molecule has 0 aromatic heterocycles. The van der Waals surface area contributed by atoms with Crippen LogP contribution in [0.15, 0.2) is 41.3 Å². The van der Waals surface area contributed by atoms with Crippen LogP contribution >= 0.6 is 0 Å². The van der Waals surface area contributed by atoms with Gasteiger partial charge in [-0.1, -0.05) is 0 Å². The quantitative estimate of drug-likeness (QED) is 0.630. The van der Waals surface area contributed by atoms with Gasteiger partial charge in [0.1, 0.15) is 16.5 Å². The third-order valence-corrected chi connectivity index (χ3v) is 7.19. The summed E-state index contributed by atoms with van der Waals surface area (Å²) >= 11 is 0. The molecule has 0 saturated carbocycles. The minimum atomic E-state index is -4.32. The van der Waals surface area contributed by atoms with Gasteiger partial charge in [-0.05, 0) is 43.7 Å². The van der Waals surface area contributed by atoms with Gasteiger partial charge in [0.15, 0.2) is 0 Å². The van der Waals surface area contributed by atoms with Gasteiger partial charge >= 0.3 is 0 Å². The molecule has 2 aromatic carbocycles. The molecule has 1 aliphatic heterocycles. The van der Waals surface area contributed by atoms with Crippen LogP contribution in [0.2, 0.25) is 0 Å². The zero-order chi connectivity index (χ0) is 23.1. The van der Waals surface area contributed by atoms with Crippen LogP contribution in [0.4, 0.5) is 33.3 Å². The Kier molecular flexibility index (Phi) is 6.21. The third kappa shape index (κ3) is 4.77. The minimum Gasteiger partial charge on any atom is -0.507 e. The summed E-state index contributed by atoms with van der Waals surface area (Å²) in [4.78, 5) is 0.909. The third-order valence-electron chi connectivity index (χ3n) is 5.25. The highest BCUT2D eigenvalue weighted by Crippen LogP contribution is 2.43. The van der Waals surface area contributed by atoms with Crippen molar-refractivity contribution in [3.05, 3.63) is 47.8 Å². The van der Waals surface area contributed by atoms with Crippen molar-refractivity contribution in [2.24, 2.45) is 0 Å². The molecule has 0 radical (unpaired) electrons. The van der Waals surface area contributed by atoms with E-state index in [1.165, 1.54) is 24.1 Å². The Morgan fingerprint density at radius 1 is 1.19 bits per heavy atom. The van der Waals surface area contributed by atoms with E-state index in [2.05, 4.69) is 0 Å². The van der Waals surface area contributed by atoms with Crippen LogP contribution in [0, 0.1) is 5.82 Å². The van der Waals surface area contributed by atoms with E-state index in [1.54, 1.807) is 0 Å². The number of phenols is 1. The fraction of sp³-hybridized carbons (Fsp3) is 0.400. The fourth-order valence-corrected chi connectivity index (χ4v) is 5.07. The first kappa shape index (κ1) is 23.3. The fourth-order valence-electron chi connectivity index (χ4n) is 3.50. The van der Waals surface area contributed by atoms with Gasteiger partial charge in [0, 0.05) is 37.8 Å². The van der Waals surface area contributed by atoms with Crippen LogP contribution in [0.1, 0.15) is 31.8 Å². The van der Waals surface area contributed by atoms with Crippen molar-refractivity contribution in [3.8, 4) is 5.75 Å². The minimum absolute atomic E-state index is 0.141. The van der Waals surface area contributed by atoms with E-state index in [4.69, 9.17) is 0 Å². The van der Waals surface area contributed by atoms with Crippen LogP contribution < -0.4 is 4.90 Å². The molecule has 1 heterocycles. The number of halogens is 5. The van der Waals surface area contributed by atoms with Gasteiger partial charge in [-0.3, -0.25) is 0 Å². The summed E-state index contributed by atoms with van der Waals surface area (Å²) in [5.74, 6) is -4.50. The van der Waals surface area contributed by atoms with Crippen molar-refractivity contribution in [3.63, 3.8) is 0 Å². The Morgan fingerprint density at radius 2 is 1.81 bits per heavy atom. The topological polar surface area (TPSA) is 60.9 Å². The Balaban J connectivity index is 2.21. The van der Waals surface area contributed by atoms with Crippen molar-refractivity contribution in [1.82, 2.24) is 4.31 Å². The summed E-state index contributed by atoms with van der Waals surface area (Å²) in [6, 6.07) is 5.54. The molecule has 0 amide bonds. The highest BCUT2D eigenvalue weighted by atomic mass is 32.2. The average Bonchev–Trinajstić information content (AvgIpc) is 2.74. The molecule has 0 saturated heterocycles. The Hall–Kier alpha value is -2.40. The second-order valence-electron chi connectivity index (χ2n) is 7.55.